The lowest BCUT2D eigenvalue weighted by molar-refractivity contribution is 0.159. The first kappa shape index (κ1) is 12.4. The van der Waals surface area contributed by atoms with E-state index in [0.717, 1.165) is 17.9 Å². The molecule has 16 heavy (non-hydrogen) atoms. The SMILES string of the molecule is CNC(CCC1CC1)C1CCC(C)(C)CC1. The molecule has 2 fully saturated rings. The molecule has 2 rings (SSSR count). The smallest absolute Gasteiger partial charge is 0.00924 e. The van der Waals surface area contributed by atoms with Gasteiger partial charge in [-0.25, -0.2) is 0 Å². The molecule has 2 saturated carbocycles. The molecule has 2 aliphatic rings. The molecule has 0 aromatic carbocycles. The van der Waals surface area contributed by atoms with E-state index in [9.17, 15) is 0 Å². The van der Waals surface area contributed by atoms with Crippen LogP contribution in [0.15, 0.2) is 0 Å². The molecular weight excluding hydrogens is 194 g/mol. The number of hydrogen-bond acceptors (Lipinski definition) is 1. The van der Waals surface area contributed by atoms with Crippen LogP contribution in [0.2, 0.25) is 0 Å². The van der Waals surface area contributed by atoms with Gasteiger partial charge in [-0.2, -0.15) is 0 Å². The zero-order valence-electron chi connectivity index (χ0n) is 11.4. The zero-order valence-corrected chi connectivity index (χ0v) is 11.4. The van der Waals surface area contributed by atoms with E-state index in [-0.39, 0.29) is 0 Å². The van der Waals surface area contributed by atoms with Gasteiger partial charge >= 0.3 is 0 Å². The summed E-state index contributed by atoms with van der Waals surface area (Å²) in [5.74, 6) is 2.05. The molecule has 0 aromatic heterocycles. The average Bonchev–Trinajstić information content (AvgIpc) is 3.04. The third-order valence-electron chi connectivity index (χ3n) is 4.91. The van der Waals surface area contributed by atoms with Gasteiger partial charge in [0.15, 0.2) is 0 Å². The van der Waals surface area contributed by atoms with Gasteiger partial charge < -0.3 is 5.32 Å². The van der Waals surface area contributed by atoms with Crippen LogP contribution in [0.4, 0.5) is 0 Å². The molecule has 1 unspecified atom stereocenters. The summed E-state index contributed by atoms with van der Waals surface area (Å²) >= 11 is 0. The highest BCUT2D eigenvalue weighted by molar-refractivity contribution is 4.86. The van der Waals surface area contributed by atoms with Crippen LogP contribution in [0.25, 0.3) is 0 Å². The molecule has 2 aliphatic carbocycles. The van der Waals surface area contributed by atoms with Crippen LogP contribution in [0, 0.1) is 17.3 Å². The lowest BCUT2D eigenvalue weighted by atomic mass is 9.70. The van der Waals surface area contributed by atoms with E-state index in [1.807, 2.05) is 0 Å². The second-order valence-corrected chi connectivity index (χ2v) is 6.92. The third kappa shape index (κ3) is 3.48. The normalized spacial score (nSPS) is 27.9. The van der Waals surface area contributed by atoms with Crippen molar-refractivity contribution in [1.29, 1.82) is 0 Å². The molecular formula is C15H29N. The Hall–Kier alpha value is -0.0400. The predicted molar refractivity (Wildman–Crippen MR) is 70.5 cm³/mol. The molecule has 0 aromatic rings. The molecule has 0 heterocycles. The van der Waals surface area contributed by atoms with Gasteiger partial charge in [-0.3, -0.25) is 0 Å². The van der Waals surface area contributed by atoms with Crippen LogP contribution in [0.3, 0.4) is 0 Å². The van der Waals surface area contributed by atoms with Gasteiger partial charge in [0.25, 0.3) is 0 Å². The average molecular weight is 223 g/mol. The molecule has 0 amide bonds. The summed E-state index contributed by atoms with van der Waals surface area (Å²) in [5, 5.41) is 3.58. The quantitative estimate of drug-likeness (QED) is 0.743. The van der Waals surface area contributed by atoms with Crippen molar-refractivity contribution in [3.8, 4) is 0 Å². The fraction of sp³-hybridized carbons (Fsp3) is 1.00. The van der Waals surface area contributed by atoms with E-state index in [1.54, 1.807) is 0 Å². The Kier molecular flexibility index (Phi) is 3.94. The summed E-state index contributed by atoms with van der Waals surface area (Å²) in [6.07, 6.45) is 11.7. The maximum atomic E-state index is 3.58. The van der Waals surface area contributed by atoms with Crippen LogP contribution in [0.1, 0.15) is 65.2 Å². The van der Waals surface area contributed by atoms with E-state index in [4.69, 9.17) is 0 Å². The highest BCUT2D eigenvalue weighted by Gasteiger charge is 2.31. The van der Waals surface area contributed by atoms with Crippen molar-refractivity contribution in [2.24, 2.45) is 17.3 Å². The predicted octanol–water partition coefficient (Wildman–Crippen LogP) is 3.98. The van der Waals surface area contributed by atoms with Crippen LogP contribution >= 0.6 is 0 Å². The lowest BCUT2D eigenvalue weighted by Crippen LogP contribution is -2.37. The second kappa shape index (κ2) is 5.08. The minimum atomic E-state index is 0.616. The van der Waals surface area contributed by atoms with E-state index in [1.165, 1.54) is 51.4 Å². The Balaban J connectivity index is 1.75. The summed E-state index contributed by atoms with van der Waals surface area (Å²) in [6.45, 7) is 4.86. The number of rotatable bonds is 5. The summed E-state index contributed by atoms with van der Waals surface area (Å²) in [6, 6.07) is 0.802. The minimum absolute atomic E-state index is 0.616. The molecule has 1 nitrogen and oxygen atoms in total. The summed E-state index contributed by atoms with van der Waals surface area (Å²) in [7, 11) is 2.16. The molecule has 1 atom stereocenters. The number of hydrogen-bond donors (Lipinski definition) is 1. The van der Waals surface area contributed by atoms with Gasteiger partial charge in [-0.1, -0.05) is 26.7 Å². The maximum Gasteiger partial charge on any atom is 0.00924 e. The summed E-state index contributed by atoms with van der Waals surface area (Å²) in [5.41, 5.74) is 0.616. The van der Waals surface area contributed by atoms with Gasteiger partial charge in [0.1, 0.15) is 0 Å². The van der Waals surface area contributed by atoms with Crippen molar-refractivity contribution in [1.82, 2.24) is 5.32 Å². The van der Waals surface area contributed by atoms with Gasteiger partial charge in [-0.05, 0) is 62.8 Å². The third-order valence-corrected chi connectivity index (χ3v) is 4.91. The van der Waals surface area contributed by atoms with Gasteiger partial charge in [0, 0.05) is 6.04 Å². The Morgan fingerprint density at radius 2 is 1.75 bits per heavy atom. The van der Waals surface area contributed by atoms with Crippen molar-refractivity contribution in [3.05, 3.63) is 0 Å². The van der Waals surface area contributed by atoms with Crippen molar-refractivity contribution in [3.63, 3.8) is 0 Å². The van der Waals surface area contributed by atoms with E-state index in [2.05, 4.69) is 26.2 Å². The van der Waals surface area contributed by atoms with Crippen LogP contribution < -0.4 is 5.32 Å². The molecule has 0 saturated heterocycles. The van der Waals surface area contributed by atoms with Gasteiger partial charge in [-0.15, -0.1) is 0 Å². The van der Waals surface area contributed by atoms with Crippen molar-refractivity contribution in [2.75, 3.05) is 7.05 Å². The minimum Gasteiger partial charge on any atom is -0.317 e. The fourth-order valence-electron chi connectivity index (χ4n) is 3.26. The van der Waals surface area contributed by atoms with Crippen molar-refractivity contribution < 1.29 is 0 Å². The molecule has 1 heteroatoms. The van der Waals surface area contributed by atoms with E-state index >= 15 is 0 Å². The summed E-state index contributed by atoms with van der Waals surface area (Å²) in [4.78, 5) is 0. The molecule has 0 aliphatic heterocycles. The molecule has 0 radical (unpaired) electrons. The summed E-state index contributed by atoms with van der Waals surface area (Å²) < 4.78 is 0. The monoisotopic (exact) mass is 223 g/mol. The molecule has 1 N–H and O–H groups in total. The lowest BCUT2D eigenvalue weighted by Gasteiger charge is -2.38. The number of nitrogens with one attached hydrogen (secondary N) is 1. The Labute approximate surface area is 101 Å². The highest BCUT2D eigenvalue weighted by Crippen LogP contribution is 2.41. The molecule has 94 valence electrons. The first-order valence-corrected chi connectivity index (χ1v) is 7.28. The first-order valence-electron chi connectivity index (χ1n) is 7.28. The second-order valence-electron chi connectivity index (χ2n) is 6.92. The highest BCUT2D eigenvalue weighted by atomic mass is 14.9. The largest absolute Gasteiger partial charge is 0.317 e. The van der Waals surface area contributed by atoms with Crippen LogP contribution in [0.5, 0.6) is 0 Å². The molecule has 0 spiro atoms. The van der Waals surface area contributed by atoms with Crippen LogP contribution in [-0.4, -0.2) is 13.1 Å². The Bertz CT molecular complexity index is 205. The van der Waals surface area contributed by atoms with Gasteiger partial charge in [0.2, 0.25) is 0 Å². The first-order chi connectivity index (χ1) is 7.61. The van der Waals surface area contributed by atoms with Crippen molar-refractivity contribution >= 4 is 0 Å². The topological polar surface area (TPSA) is 12.0 Å². The standard InChI is InChI=1S/C15H29N/c1-15(2)10-8-13(9-11-15)14(16-3)7-6-12-4-5-12/h12-14,16H,4-11H2,1-3H3. The van der Waals surface area contributed by atoms with E-state index < -0.39 is 0 Å². The maximum absolute atomic E-state index is 3.58. The van der Waals surface area contributed by atoms with E-state index in [0.29, 0.717) is 5.41 Å². The van der Waals surface area contributed by atoms with Crippen LogP contribution in [-0.2, 0) is 0 Å². The zero-order chi connectivity index (χ0) is 11.6. The molecule has 0 bridgehead atoms. The van der Waals surface area contributed by atoms with Crippen molar-refractivity contribution in [2.45, 2.75) is 71.3 Å². The Morgan fingerprint density at radius 3 is 2.25 bits per heavy atom. The fourth-order valence-corrected chi connectivity index (χ4v) is 3.26. The van der Waals surface area contributed by atoms with Gasteiger partial charge in [0.05, 0.1) is 0 Å². The Morgan fingerprint density at radius 1 is 1.12 bits per heavy atom.